The Labute approximate surface area is 105 Å². The van der Waals surface area contributed by atoms with Crippen LogP contribution in [-0.4, -0.2) is 54.5 Å². The summed E-state index contributed by atoms with van der Waals surface area (Å²) in [5.41, 5.74) is 5.66. The second kappa shape index (κ2) is 7.67. The molecule has 1 amide bonds. The smallest absolute Gasteiger partial charge is 0.222 e. The summed E-state index contributed by atoms with van der Waals surface area (Å²) in [6.45, 7) is 8.83. The van der Waals surface area contributed by atoms with Gasteiger partial charge in [0.1, 0.15) is 0 Å². The molecule has 17 heavy (non-hydrogen) atoms. The van der Waals surface area contributed by atoms with Crippen LogP contribution in [0, 0.1) is 0 Å². The van der Waals surface area contributed by atoms with Crippen molar-refractivity contribution < 1.29 is 4.79 Å². The van der Waals surface area contributed by atoms with E-state index in [4.69, 9.17) is 5.73 Å². The maximum Gasteiger partial charge on any atom is 0.222 e. The van der Waals surface area contributed by atoms with Crippen molar-refractivity contribution in [3.63, 3.8) is 0 Å². The molecule has 2 N–H and O–H groups in total. The zero-order valence-corrected chi connectivity index (χ0v) is 11.3. The van der Waals surface area contributed by atoms with Crippen molar-refractivity contribution in [1.29, 1.82) is 0 Å². The summed E-state index contributed by atoms with van der Waals surface area (Å²) in [5, 5.41) is 0. The average molecular weight is 241 g/mol. The number of amides is 1. The third-order valence-corrected chi connectivity index (χ3v) is 3.67. The molecule has 4 heteroatoms. The molecule has 1 aliphatic rings. The maximum absolute atomic E-state index is 11.7. The Hall–Kier alpha value is -0.610. The molecule has 1 saturated heterocycles. The van der Waals surface area contributed by atoms with Gasteiger partial charge in [-0.15, -0.1) is 0 Å². The van der Waals surface area contributed by atoms with Crippen LogP contribution in [0.25, 0.3) is 0 Å². The normalized spacial score (nSPS) is 20.1. The van der Waals surface area contributed by atoms with Crippen molar-refractivity contribution in [2.75, 3.05) is 32.7 Å². The third kappa shape index (κ3) is 4.28. The number of hydrogen-bond acceptors (Lipinski definition) is 3. The molecule has 0 aromatic heterocycles. The second-order valence-electron chi connectivity index (χ2n) is 4.76. The van der Waals surface area contributed by atoms with Crippen LogP contribution in [-0.2, 0) is 4.79 Å². The minimum Gasteiger partial charge on any atom is -0.341 e. The van der Waals surface area contributed by atoms with Crippen LogP contribution in [0.3, 0.4) is 0 Å². The molecule has 0 bridgehead atoms. The number of nitrogens with two attached hydrogens (primary N) is 1. The molecule has 0 spiro atoms. The lowest BCUT2D eigenvalue weighted by Crippen LogP contribution is -2.40. The topological polar surface area (TPSA) is 49.6 Å². The molecular formula is C13H27N3O. The molecular weight excluding hydrogens is 214 g/mol. The summed E-state index contributed by atoms with van der Waals surface area (Å²) in [6.07, 6.45) is 3.93. The van der Waals surface area contributed by atoms with E-state index in [2.05, 4.69) is 11.8 Å². The first kappa shape index (κ1) is 14.5. The molecule has 0 aromatic rings. The first-order valence-electron chi connectivity index (χ1n) is 6.94. The van der Waals surface area contributed by atoms with Gasteiger partial charge in [-0.1, -0.05) is 13.8 Å². The minimum atomic E-state index is 0.290. The Morgan fingerprint density at radius 1 is 1.24 bits per heavy atom. The molecule has 0 aromatic carbocycles. The standard InChI is InChI=1S/C13H27N3O/c1-3-12(6-7-14)15-8-5-9-16(11-10-15)13(17)4-2/h12H,3-11,14H2,1-2H3. The van der Waals surface area contributed by atoms with Gasteiger partial charge in [0.25, 0.3) is 0 Å². The fourth-order valence-corrected chi connectivity index (χ4v) is 2.61. The zero-order valence-electron chi connectivity index (χ0n) is 11.3. The molecule has 1 heterocycles. The molecule has 1 fully saturated rings. The van der Waals surface area contributed by atoms with Crippen molar-refractivity contribution in [2.24, 2.45) is 5.73 Å². The van der Waals surface area contributed by atoms with Crippen molar-refractivity contribution >= 4 is 5.91 Å². The fraction of sp³-hybridized carbons (Fsp3) is 0.923. The molecule has 1 atom stereocenters. The van der Waals surface area contributed by atoms with Gasteiger partial charge in [-0.25, -0.2) is 0 Å². The minimum absolute atomic E-state index is 0.290. The summed E-state index contributed by atoms with van der Waals surface area (Å²) < 4.78 is 0. The van der Waals surface area contributed by atoms with Crippen LogP contribution < -0.4 is 5.73 Å². The third-order valence-electron chi connectivity index (χ3n) is 3.67. The van der Waals surface area contributed by atoms with E-state index in [1.807, 2.05) is 11.8 Å². The lowest BCUT2D eigenvalue weighted by atomic mass is 10.1. The SMILES string of the molecule is CCC(=O)N1CCCN(C(CC)CCN)CC1. The first-order valence-corrected chi connectivity index (χ1v) is 6.94. The van der Waals surface area contributed by atoms with Gasteiger partial charge in [0, 0.05) is 38.6 Å². The highest BCUT2D eigenvalue weighted by Gasteiger charge is 2.21. The van der Waals surface area contributed by atoms with E-state index < -0.39 is 0 Å². The maximum atomic E-state index is 11.7. The van der Waals surface area contributed by atoms with E-state index >= 15 is 0 Å². The van der Waals surface area contributed by atoms with E-state index in [1.165, 1.54) is 0 Å². The highest BCUT2D eigenvalue weighted by Crippen LogP contribution is 2.12. The molecule has 4 nitrogen and oxygen atoms in total. The average Bonchev–Trinajstić information content (AvgIpc) is 2.60. The molecule has 1 aliphatic heterocycles. The number of nitrogens with zero attached hydrogens (tertiary/aromatic N) is 2. The van der Waals surface area contributed by atoms with Gasteiger partial charge in [-0.05, 0) is 25.8 Å². The van der Waals surface area contributed by atoms with E-state index in [1.54, 1.807) is 0 Å². The molecule has 1 rings (SSSR count). The largest absolute Gasteiger partial charge is 0.341 e. The molecule has 100 valence electrons. The molecule has 0 radical (unpaired) electrons. The quantitative estimate of drug-likeness (QED) is 0.783. The Bertz CT molecular complexity index is 233. The Balaban J connectivity index is 2.48. The van der Waals surface area contributed by atoms with Crippen molar-refractivity contribution in [2.45, 2.75) is 45.6 Å². The number of hydrogen-bond donors (Lipinski definition) is 1. The summed E-state index contributed by atoms with van der Waals surface area (Å²) in [6, 6.07) is 0.594. The predicted molar refractivity (Wildman–Crippen MR) is 70.8 cm³/mol. The first-order chi connectivity index (χ1) is 8.22. The van der Waals surface area contributed by atoms with E-state index in [-0.39, 0.29) is 0 Å². The lowest BCUT2D eigenvalue weighted by molar-refractivity contribution is -0.130. The van der Waals surface area contributed by atoms with Crippen LogP contribution in [0.15, 0.2) is 0 Å². The Morgan fingerprint density at radius 2 is 2.00 bits per heavy atom. The van der Waals surface area contributed by atoms with Crippen molar-refractivity contribution in [3.05, 3.63) is 0 Å². The van der Waals surface area contributed by atoms with Gasteiger partial charge >= 0.3 is 0 Å². The lowest BCUT2D eigenvalue weighted by Gasteiger charge is -2.29. The fourth-order valence-electron chi connectivity index (χ4n) is 2.61. The monoisotopic (exact) mass is 241 g/mol. The zero-order chi connectivity index (χ0) is 12.7. The van der Waals surface area contributed by atoms with E-state index in [0.29, 0.717) is 18.4 Å². The van der Waals surface area contributed by atoms with Crippen LogP contribution >= 0.6 is 0 Å². The van der Waals surface area contributed by atoms with Gasteiger partial charge in [0.2, 0.25) is 5.91 Å². The number of carbonyl (C=O) groups excluding carboxylic acids is 1. The summed E-state index contributed by atoms with van der Waals surface area (Å²) in [5.74, 6) is 0.290. The number of rotatable bonds is 5. The van der Waals surface area contributed by atoms with Gasteiger partial charge in [-0.2, -0.15) is 0 Å². The van der Waals surface area contributed by atoms with Gasteiger partial charge < -0.3 is 10.6 Å². The second-order valence-corrected chi connectivity index (χ2v) is 4.76. The molecule has 0 saturated carbocycles. The van der Waals surface area contributed by atoms with Crippen molar-refractivity contribution in [3.8, 4) is 0 Å². The summed E-state index contributed by atoms with van der Waals surface area (Å²) in [4.78, 5) is 16.2. The molecule has 1 unspecified atom stereocenters. The Morgan fingerprint density at radius 3 is 2.59 bits per heavy atom. The van der Waals surface area contributed by atoms with Crippen molar-refractivity contribution in [1.82, 2.24) is 9.80 Å². The van der Waals surface area contributed by atoms with Crippen LogP contribution in [0.1, 0.15) is 39.5 Å². The van der Waals surface area contributed by atoms with Crippen LogP contribution in [0.4, 0.5) is 0 Å². The molecule has 0 aliphatic carbocycles. The van der Waals surface area contributed by atoms with Crippen LogP contribution in [0.5, 0.6) is 0 Å². The number of carbonyl (C=O) groups is 1. The van der Waals surface area contributed by atoms with Gasteiger partial charge in [0.05, 0.1) is 0 Å². The highest BCUT2D eigenvalue weighted by atomic mass is 16.2. The van der Waals surface area contributed by atoms with Crippen LogP contribution in [0.2, 0.25) is 0 Å². The highest BCUT2D eigenvalue weighted by molar-refractivity contribution is 5.75. The van der Waals surface area contributed by atoms with Gasteiger partial charge in [-0.3, -0.25) is 9.69 Å². The van der Waals surface area contributed by atoms with Gasteiger partial charge in [0.15, 0.2) is 0 Å². The Kier molecular flexibility index (Phi) is 6.52. The van der Waals surface area contributed by atoms with E-state index in [9.17, 15) is 4.79 Å². The summed E-state index contributed by atoms with van der Waals surface area (Å²) >= 11 is 0. The predicted octanol–water partition coefficient (Wildman–Crippen LogP) is 1.06. The van der Waals surface area contributed by atoms with E-state index in [0.717, 1.165) is 52.0 Å². The summed E-state index contributed by atoms with van der Waals surface area (Å²) in [7, 11) is 0.